The van der Waals surface area contributed by atoms with Gasteiger partial charge in [-0.05, 0) is 38.8 Å². The third kappa shape index (κ3) is 88.5. The molecule has 8 N–H and O–H groups in total. The summed E-state index contributed by atoms with van der Waals surface area (Å²) in [6.07, 6.45) is 4.07. The van der Waals surface area contributed by atoms with Gasteiger partial charge in [0, 0.05) is 32.9 Å². The van der Waals surface area contributed by atoms with Gasteiger partial charge in [-0.3, -0.25) is 16.8 Å². The fourth-order valence-electron chi connectivity index (χ4n) is 1.25. The third-order valence-electron chi connectivity index (χ3n) is 2.54. The average molecular weight is 679 g/mol. The van der Waals surface area contributed by atoms with Crippen molar-refractivity contribution >= 4 is 32.7 Å². The Morgan fingerprint density at radius 2 is 0.788 bits per heavy atom. The molecule has 0 spiro atoms. The molecule has 0 unspecified atom stereocenters. The SMILES string of the molecule is NCCCC[C@H](N)C(=O)[O-].NCCCC[C@H](N)C(=O)[O-].O=S(=O)([O-])[O-].O=S(=O)([O-])[O-].[Zn+2].[Zn+2].[Zn+2]. The molecule has 0 saturated heterocycles. The van der Waals surface area contributed by atoms with Gasteiger partial charge in [-0.25, -0.2) is 0 Å². The van der Waals surface area contributed by atoms with E-state index in [1.807, 2.05) is 0 Å². The Labute approximate surface area is 231 Å². The summed E-state index contributed by atoms with van der Waals surface area (Å²) in [4.78, 5) is 20.1. The number of carboxylic acid groups (broad SMARTS) is 2. The third-order valence-corrected chi connectivity index (χ3v) is 2.54. The van der Waals surface area contributed by atoms with E-state index < -0.39 is 44.8 Å². The molecule has 0 aliphatic rings. The van der Waals surface area contributed by atoms with Gasteiger partial charge >= 0.3 is 58.4 Å². The van der Waals surface area contributed by atoms with Gasteiger partial charge in [0.25, 0.3) is 0 Å². The number of hydrogen-bond acceptors (Lipinski definition) is 16. The predicted molar refractivity (Wildman–Crippen MR) is 92.7 cm³/mol. The van der Waals surface area contributed by atoms with Crippen molar-refractivity contribution in [1.82, 2.24) is 0 Å². The molecule has 16 nitrogen and oxygen atoms in total. The molecule has 0 aromatic heterocycles. The van der Waals surface area contributed by atoms with E-state index in [0.29, 0.717) is 25.9 Å². The zero-order valence-corrected chi connectivity index (χ0v) is 28.5. The normalized spacial score (nSPS) is 11.4. The number of aliphatic carboxylic acids is 2. The minimum Gasteiger partial charge on any atom is -0.759 e. The molecular formula is C12H26N4O12S2Zn3. The Morgan fingerprint density at radius 1 is 0.606 bits per heavy atom. The Bertz CT molecular complexity index is 584. The van der Waals surface area contributed by atoms with Crippen LogP contribution in [0.1, 0.15) is 38.5 Å². The molecular weight excluding hydrogens is 652 g/mol. The minimum absolute atomic E-state index is 0. The second-order valence-corrected chi connectivity index (χ2v) is 6.87. The molecule has 0 fully saturated rings. The molecule has 0 saturated carbocycles. The van der Waals surface area contributed by atoms with Crippen molar-refractivity contribution in [1.29, 1.82) is 0 Å². The fourth-order valence-corrected chi connectivity index (χ4v) is 1.25. The Balaban J connectivity index is -0.0000000556. The largest absolute Gasteiger partial charge is 2.00 e. The number of carbonyl (C=O) groups excluding carboxylic acids is 2. The number of carbonyl (C=O) groups is 2. The minimum atomic E-state index is -5.17. The molecule has 0 aromatic carbocycles. The van der Waals surface area contributed by atoms with Gasteiger partial charge in [-0.15, -0.1) is 0 Å². The van der Waals surface area contributed by atoms with Crippen LogP contribution in [-0.2, 0) is 88.8 Å². The standard InChI is InChI=1S/2C6H14N2O2.2H2O4S.3Zn/c2*7-4-2-1-3-5(8)6(9)10;2*1-5(2,3)4;;;/h2*5H,1-4,7-8H2,(H,9,10);2*(H2,1,2,3,4);;;/q;;;;3*+2/p-6/t2*5-;;;;;/m00...../s1. The smallest absolute Gasteiger partial charge is 0.759 e. The van der Waals surface area contributed by atoms with Gasteiger partial charge in [-0.2, -0.15) is 0 Å². The summed E-state index contributed by atoms with van der Waals surface area (Å²) in [5.74, 6) is -2.37. The van der Waals surface area contributed by atoms with Crippen LogP contribution in [0.3, 0.4) is 0 Å². The van der Waals surface area contributed by atoms with Gasteiger partial charge in [0.1, 0.15) is 0 Å². The fraction of sp³-hybridized carbons (Fsp3) is 0.833. The molecule has 184 valence electrons. The molecule has 0 amide bonds. The monoisotopic (exact) mass is 674 g/mol. The summed E-state index contributed by atoms with van der Waals surface area (Å²) < 4.78 is 68.2. The molecule has 0 aromatic rings. The number of unbranched alkanes of at least 4 members (excludes halogenated alkanes) is 2. The van der Waals surface area contributed by atoms with Crippen molar-refractivity contribution in [2.75, 3.05) is 13.1 Å². The molecule has 0 rings (SSSR count). The van der Waals surface area contributed by atoms with E-state index in [9.17, 15) is 19.8 Å². The van der Waals surface area contributed by atoms with Crippen molar-refractivity contribution in [3.8, 4) is 0 Å². The Kier molecular flexibility index (Phi) is 46.4. The van der Waals surface area contributed by atoms with Crippen molar-refractivity contribution in [2.24, 2.45) is 22.9 Å². The van der Waals surface area contributed by atoms with E-state index >= 15 is 0 Å². The Hall–Kier alpha value is 0.390. The summed E-state index contributed by atoms with van der Waals surface area (Å²) in [5, 5.41) is 20.1. The van der Waals surface area contributed by atoms with Crippen LogP contribution in [0.15, 0.2) is 0 Å². The predicted octanol–water partition coefficient (Wildman–Crippen LogP) is -6.30. The second-order valence-electron chi connectivity index (χ2n) is 5.24. The molecule has 0 aliphatic carbocycles. The van der Waals surface area contributed by atoms with Crippen LogP contribution in [0.2, 0.25) is 0 Å². The van der Waals surface area contributed by atoms with E-state index in [-0.39, 0.29) is 58.4 Å². The summed E-state index contributed by atoms with van der Waals surface area (Å²) in [6.45, 7) is 1.17. The van der Waals surface area contributed by atoms with Gasteiger partial charge in [-0.1, -0.05) is 12.8 Å². The Morgan fingerprint density at radius 3 is 0.909 bits per heavy atom. The maximum Gasteiger partial charge on any atom is 2.00 e. The van der Waals surface area contributed by atoms with Crippen LogP contribution in [0.5, 0.6) is 0 Å². The molecule has 0 radical (unpaired) electrons. The van der Waals surface area contributed by atoms with E-state index in [4.69, 9.17) is 58.0 Å². The van der Waals surface area contributed by atoms with Crippen molar-refractivity contribution in [3.63, 3.8) is 0 Å². The number of nitrogens with two attached hydrogens (primary N) is 4. The first-order chi connectivity index (χ1) is 13.4. The molecule has 33 heavy (non-hydrogen) atoms. The number of hydrogen-bond donors (Lipinski definition) is 4. The van der Waals surface area contributed by atoms with Crippen molar-refractivity contribution in [2.45, 2.75) is 50.6 Å². The quantitative estimate of drug-likeness (QED) is 0.0722. The van der Waals surface area contributed by atoms with Gasteiger partial charge < -0.3 is 60.9 Å². The van der Waals surface area contributed by atoms with Gasteiger partial charge in [0.2, 0.25) is 0 Å². The first-order valence-corrected chi connectivity index (χ1v) is 10.7. The molecule has 0 aliphatic heterocycles. The van der Waals surface area contributed by atoms with E-state index in [0.717, 1.165) is 25.7 Å². The van der Waals surface area contributed by atoms with Crippen LogP contribution < -0.4 is 33.1 Å². The zero-order chi connectivity index (χ0) is 25.0. The maximum atomic E-state index is 10.0. The summed E-state index contributed by atoms with van der Waals surface area (Å²) in [5.41, 5.74) is 20.7. The van der Waals surface area contributed by atoms with Crippen molar-refractivity contribution < 1.29 is 113 Å². The summed E-state index contributed by atoms with van der Waals surface area (Å²) in [6, 6.07) is -1.65. The van der Waals surface area contributed by atoms with Gasteiger partial charge in [0.15, 0.2) is 0 Å². The average Bonchev–Trinajstić information content (AvgIpc) is 2.52. The summed E-state index contributed by atoms with van der Waals surface area (Å²) in [7, 11) is -10.3. The first kappa shape index (κ1) is 50.3. The first-order valence-electron chi connectivity index (χ1n) is 8.03. The molecule has 0 bridgehead atoms. The van der Waals surface area contributed by atoms with Crippen LogP contribution in [-0.4, -0.2) is 72.2 Å². The maximum absolute atomic E-state index is 10.0. The van der Waals surface area contributed by atoms with Crippen LogP contribution in [0, 0.1) is 0 Å². The van der Waals surface area contributed by atoms with Gasteiger partial charge in [0.05, 0.1) is 11.9 Å². The zero-order valence-electron chi connectivity index (χ0n) is 18.0. The topological polar surface area (TPSA) is 345 Å². The van der Waals surface area contributed by atoms with E-state index in [1.165, 1.54) is 0 Å². The molecule has 0 heterocycles. The summed E-state index contributed by atoms with van der Waals surface area (Å²) >= 11 is 0. The van der Waals surface area contributed by atoms with Crippen LogP contribution in [0.25, 0.3) is 0 Å². The number of carboxylic acids is 2. The molecule has 21 heteroatoms. The van der Waals surface area contributed by atoms with Crippen LogP contribution in [0.4, 0.5) is 0 Å². The second kappa shape index (κ2) is 30.4. The molecule has 2 atom stereocenters. The van der Waals surface area contributed by atoms with E-state index in [2.05, 4.69) is 0 Å². The van der Waals surface area contributed by atoms with E-state index in [1.54, 1.807) is 0 Å². The van der Waals surface area contributed by atoms with Crippen molar-refractivity contribution in [3.05, 3.63) is 0 Å². The number of rotatable bonds is 10. The van der Waals surface area contributed by atoms with Crippen LogP contribution >= 0.6 is 0 Å².